The first kappa shape index (κ1) is 16.9. The molecule has 2 amide bonds. The molecule has 0 aliphatic heterocycles. The average molecular weight is 301 g/mol. The number of urea groups is 1. The molecule has 1 aromatic heterocycles. The van der Waals surface area contributed by atoms with Gasteiger partial charge in [0.1, 0.15) is 0 Å². The zero-order chi connectivity index (χ0) is 15.1. The lowest BCUT2D eigenvalue weighted by Crippen LogP contribution is -2.42. The maximum atomic E-state index is 12.2. The topological polar surface area (TPSA) is 74.7 Å². The SMILES string of the molecule is Cc1nc(NC(=O)N(CCOCCO)C(C)C)sc1C. The molecule has 0 unspecified atom stereocenters. The number of aromatic nitrogens is 1. The Balaban J connectivity index is 2.55. The lowest BCUT2D eigenvalue weighted by molar-refractivity contribution is 0.0757. The van der Waals surface area contributed by atoms with Gasteiger partial charge in [-0.25, -0.2) is 9.78 Å². The zero-order valence-corrected chi connectivity index (χ0v) is 13.3. The van der Waals surface area contributed by atoms with E-state index in [4.69, 9.17) is 9.84 Å². The van der Waals surface area contributed by atoms with Gasteiger partial charge in [-0.15, -0.1) is 11.3 Å². The molecule has 0 saturated carbocycles. The molecule has 20 heavy (non-hydrogen) atoms. The number of rotatable bonds is 7. The molecular formula is C13H23N3O3S. The van der Waals surface area contributed by atoms with Crippen LogP contribution in [0.5, 0.6) is 0 Å². The fourth-order valence-corrected chi connectivity index (χ4v) is 2.42. The van der Waals surface area contributed by atoms with Crippen molar-refractivity contribution in [3.8, 4) is 0 Å². The van der Waals surface area contributed by atoms with Gasteiger partial charge in [0.25, 0.3) is 0 Å². The van der Waals surface area contributed by atoms with Gasteiger partial charge in [-0.3, -0.25) is 5.32 Å². The number of thiazole rings is 1. The first-order chi connectivity index (χ1) is 9.45. The molecule has 0 aromatic carbocycles. The van der Waals surface area contributed by atoms with E-state index in [0.717, 1.165) is 10.6 Å². The van der Waals surface area contributed by atoms with E-state index >= 15 is 0 Å². The maximum Gasteiger partial charge on any atom is 0.323 e. The highest BCUT2D eigenvalue weighted by atomic mass is 32.1. The van der Waals surface area contributed by atoms with Crippen molar-refractivity contribution in [2.75, 3.05) is 31.7 Å². The van der Waals surface area contributed by atoms with Gasteiger partial charge in [-0.1, -0.05) is 0 Å². The molecule has 0 bridgehead atoms. The second-order valence-electron chi connectivity index (χ2n) is 4.71. The molecule has 0 aliphatic rings. The third kappa shape index (κ3) is 5.07. The van der Waals surface area contributed by atoms with Gasteiger partial charge in [-0.05, 0) is 27.7 Å². The molecular weight excluding hydrogens is 278 g/mol. The van der Waals surface area contributed by atoms with E-state index in [1.54, 1.807) is 4.90 Å². The number of amides is 2. The second-order valence-corrected chi connectivity index (χ2v) is 5.92. The number of nitrogens with zero attached hydrogens (tertiary/aromatic N) is 2. The number of aryl methyl sites for hydroxylation is 2. The molecule has 1 aromatic rings. The van der Waals surface area contributed by atoms with E-state index in [2.05, 4.69) is 10.3 Å². The van der Waals surface area contributed by atoms with Crippen LogP contribution in [0.1, 0.15) is 24.4 Å². The van der Waals surface area contributed by atoms with Crippen molar-refractivity contribution in [3.05, 3.63) is 10.6 Å². The summed E-state index contributed by atoms with van der Waals surface area (Å²) in [6, 6.07) is -0.115. The van der Waals surface area contributed by atoms with E-state index in [1.165, 1.54) is 11.3 Å². The average Bonchev–Trinajstić information content (AvgIpc) is 2.67. The molecule has 0 aliphatic carbocycles. The van der Waals surface area contributed by atoms with Crippen LogP contribution in [0.2, 0.25) is 0 Å². The highest BCUT2D eigenvalue weighted by molar-refractivity contribution is 7.15. The van der Waals surface area contributed by atoms with Gasteiger partial charge in [0.05, 0.1) is 25.5 Å². The Morgan fingerprint density at radius 3 is 2.65 bits per heavy atom. The third-order valence-corrected chi connectivity index (χ3v) is 3.83. The minimum absolute atomic E-state index is 0.00839. The Morgan fingerprint density at radius 1 is 1.45 bits per heavy atom. The molecule has 1 rings (SSSR count). The van der Waals surface area contributed by atoms with Crippen LogP contribution >= 0.6 is 11.3 Å². The number of aliphatic hydroxyl groups excluding tert-OH is 1. The molecule has 6 nitrogen and oxygen atoms in total. The number of carbonyl (C=O) groups is 1. The summed E-state index contributed by atoms with van der Waals surface area (Å²) in [7, 11) is 0. The lowest BCUT2D eigenvalue weighted by Gasteiger charge is -2.26. The Bertz CT molecular complexity index is 415. The Labute approximate surface area is 123 Å². The van der Waals surface area contributed by atoms with Gasteiger partial charge in [0.2, 0.25) is 0 Å². The Morgan fingerprint density at radius 2 is 2.15 bits per heavy atom. The van der Waals surface area contributed by atoms with E-state index in [-0.39, 0.29) is 18.7 Å². The number of anilines is 1. The molecule has 0 spiro atoms. The van der Waals surface area contributed by atoms with Crippen LogP contribution < -0.4 is 5.32 Å². The first-order valence-corrected chi connectivity index (χ1v) is 7.47. The number of carbonyl (C=O) groups excluding carboxylic acids is 1. The van der Waals surface area contributed by atoms with Gasteiger partial charge in [0, 0.05) is 17.5 Å². The molecule has 7 heteroatoms. The van der Waals surface area contributed by atoms with Crippen molar-refractivity contribution in [1.82, 2.24) is 9.88 Å². The molecule has 1 heterocycles. The summed E-state index contributed by atoms with van der Waals surface area (Å²) in [5, 5.41) is 12.1. The van der Waals surface area contributed by atoms with Gasteiger partial charge in [-0.2, -0.15) is 0 Å². The standard InChI is InChI=1S/C13H23N3O3S/c1-9(2)16(5-7-19-8-6-17)13(18)15-12-14-10(3)11(4)20-12/h9,17H,5-8H2,1-4H3,(H,14,15,18). The minimum atomic E-state index is -0.179. The fourth-order valence-electron chi connectivity index (χ4n) is 1.61. The maximum absolute atomic E-state index is 12.2. The summed E-state index contributed by atoms with van der Waals surface area (Å²) < 4.78 is 5.20. The Hall–Kier alpha value is -1.18. The van der Waals surface area contributed by atoms with Crippen molar-refractivity contribution >= 4 is 22.5 Å². The summed E-state index contributed by atoms with van der Waals surface area (Å²) in [6.07, 6.45) is 0. The highest BCUT2D eigenvalue weighted by Crippen LogP contribution is 2.21. The van der Waals surface area contributed by atoms with Crippen molar-refractivity contribution in [1.29, 1.82) is 0 Å². The zero-order valence-electron chi connectivity index (χ0n) is 12.5. The van der Waals surface area contributed by atoms with Crippen LogP contribution in [0.3, 0.4) is 0 Å². The monoisotopic (exact) mass is 301 g/mol. The summed E-state index contributed by atoms with van der Waals surface area (Å²) >= 11 is 1.47. The number of nitrogens with one attached hydrogen (secondary N) is 1. The van der Waals surface area contributed by atoms with Crippen LogP contribution in [0.4, 0.5) is 9.93 Å². The number of ether oxygens (including phenoxy) is 1. The minimum Gasteiger partial charge on any atom is -0.394 e. The summed E-state index contributed by atoms with van der Waals surface area (Å²) in [4.78, 5) is 19.3. The fraction of sp³-hybridized carbons (Fsp3) is 0.692. The number of hydrogen-bond acceptors (Lipinski definition) is 5. The molecule has 2 N–H and O–H groups in total. The normalized spacial score (nSPS) is 10.9. The quantitative estimate of drug-likeness (QED) is 0.756. The van der Waals surface area contributed by atoms with Crippen molar-refractivity contribution in [2.45, 2.75) is 33.7 Å². The van der Waals surface area contributed by atoms with Crippen molar-refractivity contribution in [2.24, 2.45) is 0 Å². The van der Waals surface area contributed by atoms with E-state index in [1.807, 2.05) is 27.7 Å². The van der Waals surface area contributed by atoms with Gasteiger partial charge < -0.3 is 14.7 Å². The van der Waals surface area contributed by atoms with Gasteiger partial charge >= 0.3 is 6.03 Å². The number of hydrogen-bond donors (Lipinski definition) is 2. The Kier molecular flexibility index (Phi) is 6.90. The third-order valence-electron chi connectivity index (χ3n) is 2.84. The molecule has 0 atom stereocenters. The number of aliphatic hydroxyl groups is 1. The van der Waals surface area contributed by atoms with Crippen molar-refractivity contribution in [3.63, 3.8) is 0 Å². The smallest absolute Gasteiger partial charge is 0.323 e. The molecule has 0 saturated heterocycles. The lowest BCUT2D eigenvalue weighted by atomic mass is 10.3. The van der Waals surface area contributed by atoms with Crippen LogP contribution in [0.15, 0.2) is 0 Å². The molecule has 0 fully saturated rings. The highest BCUT2D eigenvalue weighted by Gasteiger charge is 2.18. The van der Waals surface area contributed by atoms with Crippen LogP contribution in [-0.4, -0.2) is 53.4 Å². The molecule has 114 valence electrons. The van der Waals surface area contributed by atoms with Crippen molar-refractivity contribution < 1.29 is 14.6 Å². The second kappa shape index (κ2) is 8.18. The van der Waals surface area contributed by atoms with Crippen LogP contribution in [0, 0.1) is 13.8 Å². The summed E-state index contributed by atoms with van der Waals surface area (Å²) in [5.41, 5.74) is 0.938. The van der Waals surface area contributed by atoms with E-state index in [9.17, 15) is 4.79 Å². The van der Waals surface area contributed by atoms with E-state index < -0.39 is 0 Å². The van der Waals surface area contributed by atoms with E-state index in [0.29, 0.717) is 24.9 Å². The molecule has 0 radical (unpaired) electrons. The van der Waals surface area contributed by atoms with Gasteiger partial charge in [0.15, 0.2) is 5.13 Å². The summed E-state index contributed by atoms with van der Waals surface area (Å²) in [6.45, 7) is 8.96. The predicted molar refractivity (Wildman–Crippen MR) is 80.4 cm³/mol. The largest absolute Gasteiger partial charge is 0.394 e. The first-order valence-electron chi connectivity index (χ1n) is 6.66. The predicted octanol–water partition coefficient (Wildman–Crippen LogP) is 2.01. The summed E-state index contributed by atoms with van der Waals surface area (Å²) in [5.74, 6) is 0. The van der Waals surface area contributed by atoms with Crippen LogP contribution in [0.25, 0.3) is 0 Å². The van der Waals surface area contributed by atoms with Crippen LogP contribution in [-0.2, 0) is 4.74 Å².